The number of methoxy groups -OCH3 is 2. The van der Waals surface area contributed by atoms with Gasteiger partial charge in [0.1, 0.15) is 23.4 Å². The van der Waals surface area contributed by atoms with E-state index in [1.807, 2.05) is 0 Å². The smallest absolute Gasteiger partial charge is 0.255 e. The number of primary amides is 1. The van der Waals surface area contributed by atoms with Gasteiger partial charge in [-0.25, -0.2) is 9.37 Å². The van der Waals surface area contributed by atoms with Gasteiger partial charge >= 0.3 is 0 Å². The van der Waals surface area contributed by atoms with Crippen LogP contribution in [0.4, 0.5) is 4.39 Å². The molecule has 3 aromatic rings. The lowest BCUT2D eigenvalue weighted by atomic mass is 10.1. The summed E-state index contributed by atoms with van der Waals surface area (Å²) in [7, 11) is 2.87. The monoisotopic (exact) mass is 547 g/mol. The van der Waals surface area contributed by atoms with Crippen LogP contribution in [0.3, 0.4) is 0 Å². The van der Waals surface area contributed by atoms with Crippen LogP contribution in [0.15, 0.2) is 53.0 Å². The predicted molar refractivity (Wildman–Crippen MR) is 129 cm³/mol. The van der Waals surface area contributed by atoms with Crippen LogP contribution in [-0.4, -0.2) is 49.3 Å². The molecular formula is C24H23BrFN3O6. The number of benzene rings is 2. The van der Waals surface area contributed by atoms with Crippen molar-refractivity contribution in [1.82, 2.24) is 10.3 Å². The van der Waals surface area contributed by atoms with E-state index in [2.05, 4.69) is 26.2 Å². The highest BCUT2D eigenvalue weighted by molar-refractivity contribution is 9.10. The second-order valence-electron chi connectivity index (χ2n) is 7.26. The number of nitrogens with one attached hydrogen (secondary N) is 1. The lowest BCUT2D eigenvalue weighted by Gasteiger charge is -2.15. The highest BCUT2D eigenvalue weighted by atomic mass is 79.9. The number of carbonyl (C=O) groups excluding carboxylic acids is 2. The van der Waals surface area contributed by atoms with Gasteiger partial charge in [-0.05, 0) is 64.5 Å². The number of aliphatic hydroxyl groups is 1. The van der Waals surface area contributed by atoms with E-state index in [9.17, 15) is 19.1 Å². The molecular weight excluding hydrogens is 525 g/mol. The molecule has 0 saturated carbocycles. The number of aliphatic hydroxyl groups excluding tert-OH is 1. The van der Waals surface area contributed by atoms with Crippen molar-refractivity contribution in [2.24, 2.45) is 5.73 Å². The van der Waals surface area contributed by atoms with Crippen molar-refractivity contribution in [2.45, 2.75) is 6.10 Å². The second kappa shape index (κ2) is 11.6. The fraction of sp³-hybridized carbons (Fsp3) is 0.208. The summed E-state index contributed by atoms with van der Waals surface area (Å²) < 4.78 is 29.7. The number of hydrogen-bond acceptors (Lipinski definition) is 7. The van der Waals surface area contributed by atoms with Crippen molar-refractivity contribution >= 4 is 27.7 Å². The van der Waals surface area contributed by atoms with Crippen LogP contribution >= 0.6 is 15.9 Å². The van der Waals surface area contributed by atoms with Gasteiger partial charge in [-0.1, -0.05) is 0 Å². The molecule has 4 N–H and O–H groups in total. The molecule has 1 unspecified atom stereocenters. The molecule has 2 aromatic carbocycles. The molecule has 9 nitrogen and oxygen atoms in total. The molecule has 35 heavy (non-hydrogen) atoms. The van der Waals surface area contributed by atoms with Crippen LogP contribution in [-0.2, 0) is 4.79 Å². The fourth-order valence-electron chi connectivity index (χ4n) is 3.13. The largest absolute Gasteiger partial charge is 0.494 e. The molecule has 184 valence electrons. The molecule has 1 heterocycles. The zero-order chi connectivity index (χ0) is 25.5. The van der Waals surface area contributed by atoms with Gasteiger partial charge < -0.3 is 30.4 Å². The van der Waals surface area contributed by atoms with Crippen LogP contribution in [0.1, 0.15) is 22.2 Å². The Hall–Kier alpha value is -3.70. The Balaban J connectivity index is 1.73. The maximum absolute atomic E-state index is 13.6. The van der Waals surface area contributed by atoms with Crippen molar-refractivity contribution in [2.75, 3.05) is 27.4 Å². The average molecular weight is 548 g/mol. The van der Waals surface area contributed by atoms with Crippen molar-refractivity contribution in [3.63, 3.8) is 0 Å². The summed E-state index contributed by atoms with van der Waals surface area (Å²) in [6, 6.07) is 12.0. The minimum absolute atomic E-state index is 0.132. The summed E-state index contributed by atoms with van der Waals surface area (Å²) in [4.78, 5) is 28.0. The Morgan fingerprint density at radius 3 is 2.46 bits per heavy atom. The number of carbonyl (C=O) groups is 2. The average Bonchev–Trinajstić information content (AvgIpc) is 2.86. The molecule has 0 saturated heterocycles. The summed E-state index contributed by atoms with van der Waals surface area (Å²) in [5.41, 5.74) is 6.60. The molecule has 0 radical (unpaired) electrons. The molecule has 11 heteroatoms. The van der Waals surface area contributed by atoms with Crippen molar-refractivity contribution < 1.29 is 33.3 Å². The van der Waals surface area contributed by atoms with Crippen molar-refractivity contribution in [1.29, 1.82) is 0 Å². The summed E-state index contributed by atoms with van der Waals surface area (Å²) in [6.45, 7) is -0.466. The first-order valence-corrected chi connectivity index (χ1v) is 11.1. The van der Waals surface area contributed by atoms with E-state index in [1.54, 1.807) is 24.3 Å². The second-order valence-corrected chi connectivity index (χ2v) is 8.12. The van der Waals surface area contributed by atoms with Gasteiger partial charge in [-0.2, -0.15) is 0 Å². The van der Waals surface area contributed by atoms with E-state index in [0.29, 0.717) is 17.0 Å². The molecule has 0 bridgehead atoms. The number of halogens is 2. The number of hydrogen-bond donors (Lipinski definition) is 3. The lowest BCUT2D eigenvalue weighted by Crippen LogP contribution is -2.28. The number of pyridine rings is 1. The molecule has 1 aromatic heterocycles. The van der Waals surface area contributed by atoms with Crippen LogP contribution in [0.25, 0.3) is 11.3 Å². The molecule has 0 fully saturated rings. The SMILES string of the molecule is COc1cc(C(=O)NCC(O)c2ccc(OC)c(-c3ccc(F)c(Br)c3)n2)ccc1OCC(N)=O. The number of aromatic nitrogens is 1. The van der Waals surface area contributed by atoms with Crippen LogP contribution in [0.2, 0.25) is 0 Å². The number of nitrogens with two attached hydrogens (primary N) is 1. The first-order valence-electron chi connectivity index (χ1n) is 10.3. The van der Waals surface area contributed by atoms with E-state index < -0.39 is 23.7 Å². The Morgan fingerprint density at radius 1 is 1.09 bits per heavy atom. The van der Waals surface area contributed by atoms with E-state index >= 15 is 0 Å². The van der Waals surface area contributed by atoms with Gasteiger partial charge in [-0.15, -0.1) is 0 Å². The van der Waals surface area contributed by atoms with Gasteiger partial charge in [0.05, 0.1) is 24.4 Å². The number of rotatable bonds is 10. The molecule has 3 rings (SSSR count). The quantitative estimate of drug-likeness (QED) is 0.355. The number of amides is 2. The zero-order valence-electron chi connectivity index (χ0n) is 18.9. The summed E-state index contributed by atoms with van der Waals surface area (Å²) in [5, 5.41) is 13.3. The maximum Gasteiger partial charge on any atom is 0.255 e. The van der Waals surface area contributed by atoms with Crippen LogP contribution in [0.5, 0.6) is 17.2 Å². The predicted octanol–water partition coefficient (Wildman–Crippen LogP) is 2.99. The van der Waals surface area contributed by atoms with Crippen LogP contribution < -0.4 is 25.3 Å². The Bertz CT molecular complexity index is 1240. The lowest BCUT2D eigenvalue weighted by molar-refractivity contribution is -0.119. The molecule has 0 aliphatic carbocycles. The molecule has 2 amide bonds. The molecule has 1 atom stereocenters. The van der Waals surface area contributed by atoms with E-state index in [-0.39, 0.29) is 40.4 Å². The molecule has 0 spiro atoms. The van der Waals surface area contributed by atoms with Gasteiger partial charge in [-0.3, -0.25) is 9.59 Å². The van der Waals surface area contributed by atoms with Gasteiger partial charge in [0.2, 0.25) is 0 Å². The van der Waals surface area contributed by atoms with E-state index in [4.69, 9.17) is 19.9 Å². The third-order valence-electron chi connectivity index (χ3n) is 4.89. The highest BCUT2D eigenvalue weighted by Gasteiger charge is 2.18. The maximum atomic E-state index is 13.6. The Kier molecular flexibility index (Phi) is 8.61. The summed E-state index contributed by atoms with van der Waals surface area (Å²) in [5.74, 6) is -0.605. The third kappa shape index (κ3) is 6.46. The van der Waals surface area contributed by atoms with Gasteiger partial charge in [0.25, 0.3) is 11.8 Å². The number of nitrogens with zero attached hydrogens (tertiary/aromatic N) is 1. The third-order valence-corrected chi connectivity index (χ3v) is 5.49. The minimum atomic E-state index is -1.13. The van der Waals surface area contributed by atoms with Gasteiger partial charge in [0.15, 0.2) is 18.1 Å². The molecule has 0 aliphatic heterocycles. The van der Waals surface area contributed by atoms with Crippen molar-refractivity contribution in [3.05, 3.63) is 70.1 Å². The highest BCUT2D eigenvalue weighted by Crippen LogP contribution is 2.32. The zero-order valence-corrected chi connectivity index (χ0v) is 20.5. The van der Waals surface area contributed by atoms with Crippen LogP contribution in [0, 0.1) is 5.82 Å². The Morgan fingerprint density at radius 2 is 1.80 bits per heavy atom. The Labute approximate surface area is 209 Å². The van der Waals surface area contributed by atoms with Gasteiger partial charge in [0, 0.05) is 17.7 Å². The normalized spacial score (nSPS) is 11.5. The first-order chi connectivity index (χ1) is 16.7. The molecule has 0 aliphatic rings. The number of ether oxygens (including phenoxy) is 3. The minimum Gasteiger partial charge on any atom is -0.494 e. The topological polar surface area (TPSA) is 133 Å². The summed E-state index contributed by atoms with van der Waals surface area (Å²) in [6.07, 6.45) is -1.13. The van der Waals surface area contributed by atoms with E-state index in [1.165, 1.54) is 38.5 Å². The fourth-order valence-corrected chi connectivity index (χ4v) is 3.51. The first kappa shape index (κ1) is 25.9. The summed E-state index contributed by atoms with van der Waals surface area (Å²) >= 11 is 3.15. The van der Waals surface area contributed by atoms with E-state index in [0.717, 1.165) is 0 Å². The standard InChI is InChI=1S/C24H23BrFN3O6/c1-33-20-8-6-17(29-23(20)13-3-5-16(26)15(25)9-13)18(30)11-28-24(32)14-4-7-19(21(10-14)34-2)35-12-22(27)31/h3-10,18,30H,11-12H2,1-2H3,(H2,27,31)(H,28,32). The van der Waals surface area contributed by atoms with Crippen molar-refractivity contribution in [3.8, 4) is 28.5 Å².